The van der Waals surface area contributed by atoms with Gasteiger partial charge in [-0.3, -0.25) is 9.20 Å². The summed E-state index contributed by atoms with van der Waals surface area (Å²) in [5, 5.41) is 19.4. The van der Waals surface area contributed by atoms with E-state index in [1.165, 1.54) is 0 Å². The van der Waals surface area contributed by atoms with Crippen LogP contribution < -0.4 is 5.32 Å². The Balaban J connectivity index is 2.18. The average molecular weight is 288 g/mol. The van der Waals surface area contributed by atoms with Gasteiger partial charge >= 0.3 is 5.97 Å². The number of carboxylic acid groups (broad SMARTS) is 1. The number of rotatable bonds is 6. The highest BCUT2D eigenvalue weighted by Crippen LogP contribution is 2.08. The minimum atomic E-state index is -1.06. The molecule has 0 aromatic carbocycles. The number of aliphatic carboxylic acids is 1. The van der Waals surface area contributed by atoms with Gasteiger partial charge in [0.05, 0.1) is 5.56 Å². The second kappa shape index (κ2) is 6.17. The van der Waals surface area contributed by atoms with Crippen LogP contribution in [0.2, 0.25) is 0 Å². The monoisotopic (exact) mass is 288 g/mol. The summed E-state index contributed by atoms with van der Waals surface area (Å²) < 4.78 is 1.68. The molecule has 0 spiro atoms. The van der Waals surface area contributed by atoms with Crippen LogP contribution >= 0.6 is 0 Å². The van der Waals surface area contributed by atoms with Crippen LogP contribution in [0.1, 0.15) is 29.0 Å². The van der Waals surface area contributed by atoms with Crippen molar-refractivity contribution in [3.8, 4) is 0 Å². The predicted octanol–water partition coefficient (Wildman–Crippen LogP) is 1.19. The number of carboxylic acids is 1. The molecule has 21 heavy (non-hydrogen) atoms. The zero-order valence-corrected chi connectivity index (χ0v) is 11.6. The molecule has 0 bridgehead atoms. The van der Waals surface area contributed by atoms with Gasteiger partial charge in [0.25, 0.3) is 5.91 Å². The molecule has 0 radical (unpaired) electrons. The zero-order valence-electron chi connectivity index (χ0n) is 11.6. The first-order chi connectivity index (χ1) is 10.0. The lowest BCUT2D eigenvalue weighted by atomic mass is 10.1. The molecule has 2 aromatic rings. The number of carbonyl (C=O) groups excluding carboxylic acids is 1. The summed E-state index contributed by atoms with van der Waals surface area (Å²) in [4.78, 5) is 23.3. The third-order valence-corrected chi connectivity index (χ3v) is 3.10. The Kier molecular flexibility index (Phi) is 4.32. The summed E-state index contributed by atoms with van der Waals surface area (Å²) in [6, 6.07) is 2.31. The molecule has 7 heteroatoms. The maximum absolute atomic E-state index is 12.1. The number of hydrogen-bond donors (Lipinski definition) is 2. The molecule has 0 saturated heterocycles. The fraction of sp³-hybridized carbons (Fsp3) is 0.286. The summed E-state index contributed by atoms with van der Waals surface area (Å²) in [6.45, 7) is 5.31. The Hall–Kier alpha value is -2.70. The number of carbonyl (C=O) groups is 2. The zero-order chi connectivity index (χ0) is 15.4. The molecular weight excluding hydrogens is 272 g/mol. The quantitative estimate of drug-likeness (QED) is 0.778. The van der Waals surface area contributed by atoms with E-state index in [0.717, 1.165) is 0 Å². The van der Waals surface area contributed by atoms with Gasteiger partial charge in [0, 0.05) is 6.20 Å². The molecule has 1 amide bonds. The minimum Gasteiger partial charge on any atom is -0.480 e. The maximum atomic E-state index is 12.1. The third kappa shape index (κ3) is 3.25. The summed E-state index contributed by atoms with van der Waals surface area (Å²) in [5.41, 5.74) is 0.987. The minimum absolute atomic E-state index is 0.304. The van der Waals surface area contributed by atoms with Crippen LogP contribution in [0.25, 0.3) is 5.65 Å². The van der Waals surface area contributed by atoms with Crippen molar-refractivity contribution in [1.29, 1.82) is 0 Å². The van der Waals surface area contributed by atoms with Crippen LogP contribution in [-0.4, -0.2) is 37.6 Å². The van der Waals surface area contributed by atoms with Gasteiger partial charge in [-0.2, -0.15) is 0 Å². The fourth-order valence-electron chi connectivity index (χ4n) is 1.92. The van der Waals surface area contributed by atoms with E-state index in [2.05, 4.69) is 22.1 Å². The number of nitrogens with one attached hydrogen (secondary N) is 1. The SMILES string of the molecule is C=CCCC(NC(=O)c1ccc2nnc(C)n2c1)C(=O)O. The van der Waals surface area contributed by atoms with E-state index in [4.69, 9.17) is 5.11 Å². The lowest BCUT2D eigenvalue weighted by molar-refractivity contribution is -0.139. The van der Waals surface area contributed by atoms with Crippen molar-refractivity contribution in [3.63, 3.8) is 0 Å². The lowest BCUT2D eigenvalue weighted by Crippen LogP contribution is -2.40. The van der Waals surface area contributed by atoms with Crippen molar-refractivity contribution in [3.05, 3.63) is 42.4 Å². The number of hydrogen-bond acceptors (Lipinski definition) is 4. The van der Waals surface area contributed by atoms with Gasteiger partial charge in [0.1, 0.15) is 11.9 Å². The van der Waals surface area contributed by atoms with Gasteiger partial charge in [-0.1, -0.05) is 6.08 Å². The van der Waals surface area contributed by atoms with Gasteiger partial charge < -0.3 is 10.4 Å². The molecule has 0 fully saturated rings. The van der Waals surface area contributed by atoms with Crippen molar-refractivity contribution in [1.82, 2.24) is 19.9 Å². The van der Waals surface area contributed by atoms with Crippen LogP contribution in [0, 0.1) is 6.92 Å². The Morgan fingerprint density at radius 2 is 2.24 bits per heavy atom. The Bertz CT molecular complexity index is 693. The van der Waals surface area contributed by atoms with Gasteiger partial charge in [-0.05, 0) is 31.9 Å². The first-order valence-corrected chi connectivity index (χ1v) is 6.49. The summed E-state index contributed by atoms with van der Waals surface area (Å²) in [5.74, 6) is -0.852. The van der Waals surface area contributed by atoms with Gasteiger partial charge in [0.15, 0.2) is 5.65 Å². The molecule has 2 heterocycles. The van der Waals surface area contributed by atoms with Crippen LogP contribution in [0.3, 0.4) is 0 Å². The number of amides is 1. The maximum Gasteiger partial charge on any atom is 0.326 e. The van der Waals surface area contributed by atoms with E-state index >= 15 is 0 Å². The number of fused-ring (bicyclic) bond motifs is 1. The van der Waals surface area contributed by atoms with Gasteiger partial charge in [-0.25, -0.2) is 4.79 Å². The fourth-order valence-corrected chi connectivity index (χ4v) is 1.92. The van der Waals surface area contributed by atoms with Crippen molar-refractivity contribution in [2.24, 2.45) is 0 Å². The molecule has 110 valence electrons. The molecule has 0 saturated carbocycles. The second-order valence-electron chi connectivity index (χ2n) is 4.62. The normalized spacial score (nSPS) is 12.0. The number of aryl methyl sites for hydroxylation is 1. The van der Waals surface area contributed by atoms with Crippen LogP contribution in [0.15, 0.2) is 31.0 Å². The number of pyridine rings is 1. The van der Waals surface area contributed by atoms with E-state index in [9.17, 15) is 9.59 Å². The number of aromatic nitrogens is 3. The average Bonchev–Trinajstić information content (AvgIpc) is 2.84. The van der Waals surface area contributed by atoms with Gasteiger partial charge in [0.2, 0.25) is 0 Å². The van der Waals surface area contributed by atoms with E-state index in [0.29, 0.717) is 29.9 Å². The van der Waals surface area contributed by atoms with Crippen molar-refractivity contribution in [2.45, 2.75) is 25.8 Å². The van der Waals surface area contributed by atoms with Gasteiger partial charge in [-0.15, -0.1) is 16.8 Å². The predicted molar refractivity (Wildman–Crippen MR) is 76.0 cm³/mol. The second-order valence-corrected chi connectivity index (χ2v) is 4.62. The van der Waals surface area contributed by atoms with Crippen LogP contribution in [0.5, 0.6) is 0 Å². The van der Waals surface area contributed by atoms with E-state index in [1.54, 1.807) is 35.7 Å². The largest absolute Gasteiger partial charge is 0.480 e. The van der Waals surface area contributed by atoms with Crippen molar-refractivity contribution < 1.29 is 14.7 Å². The number of allylic oxidation sites excluding steroid dienone is 1. The highest BCUT2D eigenvalue weighted by molar-refractivity contribution is 5.96. The van der Waals surface area contributed by atoms with E-state index in [-0.39, 0.29) is 0 Å². The molecular formula is C14H16N4O3. The topological polar surface area (TPSA) is 96.6 Å². The van der Waals surface area contributed by atoms with Crippen molar-refractivity contribution >= 4 is 17.5 Å². The molecule has 0 aliphatic heterocycles. The highest BCUT2D eigenvalue weighted by Gasteiger charge is 2.20. The number of nitrogens with zero attached hydrogens (tertiary/aromatic N) is 3. The molecule has 0 aliphatic rings. The summed E-state index contributed by atoms with van der Waals surface area (Å²) >= 11 is 0. The standard InChI is InChI=1S/C14H16N4O3/c1-3-4-5-11(14(20)21)15-13(19)10-6-7-12-17-16-9(2)18(12)8-10/h3,6-8,11H,1,4-5H2,2H3,(H,15,19)(H,20,21). The van der Waals surface area contributed by atoms with Crippen LogP contribution in [-0.2, 0) is 4.79 Å². The molecule has 2 aromatic heterocycles. The first kappa shape index (κ1) is 14.7. The summed E-state index contributed by atoms with van der Waals surface area (Å²) in [6.07, 6.45) is 4.03. The van der Waals surface area contributed by atoms with Crippen LogP contribution in [0.4, 0.5) is 0 Å². The molecule has 1 atom stereocenters. The highest BCUT2D eigenvalue weighted by atomic mass is 16.4. The Morgan fingerprint density at radius 1 is 1.48 bits per heavy atom. The molecule has 2 N–H and O–H groups in total. The Labute approximate surface area is 121 Å². The molecule has 0 aliphatic carbocycles. The lowest BCUT2D eigenvalue weighted by Gasteiger charge is -2.13. The van der Waals surface area contributed by atoms with Crippen molar-refractivity contribution in [2.75, 3.05) is 0 Å². The Morgan fingerprint density at radius 3 is 2.90 bits per heavy atom. The van der Waals surface area contributed by atoms with E-state index in [1.807, 2.05) is 0 Å². The molecule has 7 nitrogen and oxygen atoms in total. The molecule has 2 rings (SSSR count). The molecule has 1 unspecified atom stereocenters. The van der Waals surface area contributed by atoms with E-state index < -0.39 is 17.9 Å². The smallest absolute Gasteiger partial charge is 0.326 e. The third-order valence-electron chi connectivity index (χ3n) is 3.10. The summed E-state index contributed by atoms with van der Waals surface area (Å²) in [7, 11) is 0. The first-order valence-electron chi connectivity index (χ1n) is 6.49.